The van der Waals surface area contributed by atoms with Gasteiger partial charge < -0.3 is 5.11 Å². The Hall–Kier alpha value is -1.64. The van der Waals surface area contributed by atoms with Crippen LogP contribution in [0.15, 0.2) is 24.8 Å². The summed E-state index contributed by atoms with van der Waals surface area (Å²) >= 11 is 0. The van der Waals surface area contributed by atoms with Crippen molar-refractivity contribution in [2.45, 2.75) is 13.3 Å². The fraction of sp³-hybridized carbons (Fsp3) is 0.182. The minimum Gasteiger partial charge on any atom is -0.481 e. The van der Waals surface area contributed by atoms with Crippen LogP contribution >= 0.6 is 0 Å². The molecule has 1 aromatic rings. The van der Waals surface area contributed by atoms with Gasteiger partial charge in [-0.25, -0.2) is 4.39 Å². The number of carboxylic acid groups (broad SMARTS) is 1. The highest BCUT2D eigenvalue weighted by Crippen LogP contribution is 2.16. The molecule has 0 radical (unpaired) electrons. The minimum absolute atomic E-state index is 0.197. The highest BCUT2D eigenvalue weighted by molar-refractivity contribution is 5.71. The number of hydrogen-bond acceptors (Lipinski definition) is 1. The van der Waals surface area contributed by atoms with Gasteiger partial charge in [-0.05, 0) is 24.1 Å². The first-order valence-electron chi connectivity index (χ1n) is 4.17. The van der Waals surface area contributed by atoms with Crippen LogP contribution in [-0.2, 0) is 11.2 Å². The molecule has 0 bridgehead atoms. The second-order valence-corrected chi connectivity index (χ2v) is 3.16. The molecule has 1 rings (SSSR count). The van der Waals surface area contributed by atoms with Crippen molar-refractivity contribution in [1.82, 2.24) is 0 Å². The average Bonchev–Trinajstić information content (AvgIpc) is 2.07. The minimum atomic E-state index is -1.04. The van der Waals surface area contributed by atoms with Crippen molar-refractivity contribution in [3.05, 3.63) is 41.7 Å². The van der Waals surface area contributed by atoms with E-state index in [-0.39, 0.29) is 12.0 Å². The second kappa shape index (κ2) is 4.05. The Morgan fingerprint density at radius 2 is 2.21 bits per heavy atom. The lowest BCUT2D eigenvalue weighted by atomic mass is 10.0. The molecular formula is C11H11FO2. The number of halogens is 1. The Labute approximate surface area is 81.7 Å². The molecule has 0 aromatic heterocycles. The second-order valence-electron chi connectivity index (χ2n) is 3.16. The lowest BCUT2D eigenvalue weighted by Gasteiger charge is -2.03. The molecule has 0 saturated heterocycles. The normalized spacial score (nSPS) is 9.86. The topological polar surface area (TPSA) is 37.3 Å². The zero-order chi connectivity index (χ0) is 10.7. The molecule has 14 heavy (non-hydrogen) atoms. The molecule has 2 nitrogen and oxygen atoms in total. The number of hydrogen-bond donors (Lipinski definition) is 1. The van der Waals surface area contributed by atoms with Crippen LogP contribution in [0.4, 0.5) is 4.39 Å². The summed E-state index contributed by atoms with van der Waals surface area (Å²) < 4.78 is 13.3. The van der Waals surface area contributed by atoms with Gasteiger partial charge >= 0.3 is 5.97 Å². The third kappa shape index (κ3) is 2.42. The number of benzene rings is 1. The predicted octanol–water partition coefficient (Wildman–Crippen LogP) is 2.49. The highest BCUT2D eigenvalue weighted by atomic mass is 19.1. The number of allylic oxidation sites excluding steroid dienone is 1. The van der Waals surface area contributed by atoms with Gasteiger partial charge in [-0.3, -0.25) is 4.79 Å². The first kappa shape index (κ1) is 10.4. The number of carboxylic acids is 1. The van der Waals surface area contributed by atoms with E-state index in [0.29, 0.717) is 5.56 Å². The van der Waals surface area contributed by atoms with Gasteiger partial charge in [-0.1, -0.05) is 24.3 Å². The van der Waals surface area contributed by atoms with Crippen LogP contribution < -0.4 is 0 Å². The van der Waals surface area contributed by atoms with Crippen molar-refractivity contribution in [3.63, 3.8) is 0 Å². The summed E-state index contributed by atoms with van der Waals surface area (Å²) in [5.41, 5.74) is 1.64. The standard InChI is InChI=1S/C11H11FO2/c1-7(2)8-3-4-9(6-11(13)14)10(12)5-8/h3-5H,1,6H2,2H3,(H,13,14). The molecule has 0 amide bonds. The third-order valence-electron chi connectivity index (χ3n) is 1.89. The van der Waals surface area contributed by atoms with Crippen molar-refractivity contribution < 1.29 is 14.3 Å². The zero-order valence-corrected chi connectivity index (χ0v) is 7.88. The summed E-state index contributed by atoms with van der Waals surface area (Å²) in [7, 11) is 0. The van der Waals surface area contributed by atoms with Gasteiger partial charge in [0.25, 0.3) is 0 Å². The van der Waals surface area contributed by atoms with Gasteiger partial charge in [0.2, 0.25) is 0 Å². The van der Waals surface area contributed by atoms with Gasteiger partial charge in [0.05, 0.1) is 6.42 Å². The molecule has 74 valence electrons. The number of carbonyl (C=O) groups is 1. The maximum atomic E-state index is 13.3. The van der Waals surface area contributed by atoms with E-state index >= 15 is 0 Å². The predicted molar refractivity (Wildman–Crippen MR) is 52.4 cm³/mol. The van der Waals surface area contributed by atoms with E-state index in [1.807, 2.05) is 0 Å². The quantitative estimate of drug-likeness (QED) is 0.802. The van der Waals surface area contributed by atoms with E-state index in [2.05, 4.69) is 6.58 Å². The largest absolute Gasteiger partial charge is 0.481 e. The van der Waals surface area contributed by atoms with Crippen LogP contribution in [0.5, 0.6) is 0 Å². The maximum Gasteiger partial charge on any atom is 0.307 e. The molecular weight excluding hydrogens is 183 g/mol. The van der Waals surface area contributed by atoms with Gasteiger partial charge in [0, 0.05) is 0 Å². The van der Waals surface area contributed by atoms with Crippen molar-refractivity contribution >= 4 is 11.5 Å². The van der Waals surface area contributed by atoms with Crippen LogP contribution in [0, 0.1) is 5.82 Å². The fourth-order valence-electron chi connectivity index (χ4n) is 1.12. The SMILES string of the molecule is C=C(C)c1ccc(CC(=O)O)c(F)c1. The van der Waals surface area contributed by atoms with Crippen LogP contribution in [-0.4, -0.2) is 11.1 Å². The molecule has 0 atom stereocenters. The summed E-state index contributed by atoms with van der Waals surface area (Å²) in [5.74, 6) is -1.53. The Bertz CT molecular complexity index is 383. The van der Waals surface area contributed by atoms with Gasteiger partial charge in [-0.15, -0.1) is 0 Å². The highest BCUT2D eigenvalue weighted by Gasteiger charge is 2.07. The van der Waals surface area contributed by atoms with E-state index in [0.717, 1.165) is 5.57 Å². The lowest BCUT2D eigenvalue weighted by molar-refractivity contribution is -0.136. The van der Waals surface area contributed by atoms with Crippen molar-refractivity contribution in [2.75, 3.05) is 0 Å². The Morgan fingerprint density at radius 3 is 2.64 bits per heavy atom. The van der Waals surface area contributed by atoms with E-state index in [9.17, 15) is 9.18 Å². The zero-order valence-electron chi connectivity index (χ0n) is 7.88. The first-order valence-corrected chi connectivity index (χ1v) is 4.17. The van der Waals surface area contributed by atoms with Gasteiger partial charge in [-0.2, -0.15) is 0 Å². The lowest BCUT2D eigenvalue weighted by Crippen LogP contribution is -2.02. The number of aliphatic carboxylic acids is 1. The summed E-state index contributed by atoms with van der Waals surface area (Å²) in [4.78, 5) is 10.4. The Kier molecular flexibility index (Phi) is 3.02. The molecule has 0 aliphatic rings. The van der Waals surface area contributed by atoms with E-state index in [1.165, 1.54) is 12.1 Å². The molecule has 0 aliphatic heterocycles. The maximum absolute atomic E-state index is 13.3. The molecule has 0 unspecified atom stereocenters. The average molecular weight is 194 g/mol. The summed E-state index contributed by atoms with van der Waals surface area (Å²) in [6.07, 6.45) is -0.289. The molecule has 1 aromatic carbocycles. The van der Waals surface area contributed by atoms with Crippen LogP contribution in [0.2, 0.25) is 0 Å². The van der Waals surface area contributed by atoms with Crippen molar-refractivity contribution in [2.24, 2.45) is 0 Å². The monoisotopic (exact) mass is 194 g/mol. The van der Waals surface area contributed by atoms with Crippen LogP contribution in [0.3, 0.4) is 0 Å². The van der Waals surface area contributed by atoms with Crippen molar-refractivity contribution in [3.8, 4) is 0 Å². The fourth-order valence-corrected chi connectivity index (χ4v) is 1.12. The molecule has 0 heterocycles. The Balaban J connectivity index is 3.01. The molecule has 3 heteroatoms. The third-order valence-corrected chi connectivity index (χ3v) is 1.89. The van der Waals surface area contributed by atoms with Crippen LogP contribution in [0.25, 0.3) is 5.57 Å². The van der Waals surface area contributed by atoms with E-state index in [1.54, 1.807) is 13.0 Å². The smallest absolute Gasteiger partial charge is 0.307 e. The van der Waals surface area contributed by atoms with E-state index < -0.39 is 11.8 Å². The summed E-state index contributed by atoms with van der Waals surface area (Å²) in [5, 5.41) is 8.49. The number of rotatable bonds is 3. The molecule has 0 fully saturated rings. The summed E-state index contributed by atoms with van der Waals surface area (Å²) in [6.45, 7) is 5.44. The molecule has 0 saturated carbocycles. The first-order chi connectivity index (χ1) is 6.50. The summed E-state index contributed by atoms with van der Waals surface area (Å²) in [6, 6.07) is 4.46. The molecule has 0 spiro atoms. The van der Waals surface area contributed by atoms with Crippen molar-refractivity contribution in [1.29, 1.82) is 0 Å². The van der Waals surface area contributed by atoms with Crippen LogP contribution in [0.1, 0.15) is 18.1 Å². The molecule has 0 aliphatic carbocycles. The van der Waals surface area contributed by atoms with E-state index in [4.69, 9.17) is 5.11 Å². The van der Waals surface area contributed by atoms with Gasteiger partial charge in [0.1, 0.15) is 5.82 Å². The van der Waals surface area contributed by atoms with Gasteiger partial charge in [0.15, 0.2) is 0 Å². The molecule has 1 N–H and O–H groups in total. The Morgan fingerprint density at radius 1 is 1.57 bits per heavy atom.